The van der Waals surface area contributed by atoms with Gasteiger partial charge in [0, 0.05) is 34.9 Å². The van der Waals surface area contributed by atoms with Crippen LogP contribution in [0.15, 0.2) is 60.1 Å². The zero-order valence-electron chi connectivity index (χ0n) is 14.8. The summed E-state index contributed by atoms with van der Waals surface area (Å²) < 4.78 is 15.9. The topological polar surface area (TPSA) is 46.4 Å². The van der Waals surface area contributed by atoms with Gasteiger partial charge in [0.05, 0.1) is 5.69 Å². The number of anilines is 1. The molecule has 0 fully saturated rings. The zero-order chi connectivity index (χ0) is 18.8. The number of amides is 1. The van der Waals surface area contributed by atoms with Crippen molar-refractivity contribution in [1.82, 2.24) is 9.38 Å². The number of imidazole rings is 1. The summed E-state index contributed by atoms with van der Waals surface area (Å²) in [6.07, 6.45) is 2.79. The van der Waals surface area contributed by atoms with E-state index >= 15 is 0 Å². The Labute approximate surface area is 160 Å². The fourth-order valence-corrected chi connectivity index (χ4v) is 3.90. The van der Waals surface area contributed by atoms with Crippen molar-refractivity contribution in [3.8, 4) is 11.3 Å². The molecule has 4 aromatic rings. The van der Waals surface area contributed by atoms with Crippen LogP contribution in [0.2, 0.25) is 0 Å². The summed E-state index contributed by atoms with van der Waals surface area (Å²) in [4.78, 5) is 17.5. The third-order valence-corrected chi connectivity index (χ3v) is 5.23. The lowest BCUT2D eigenvalue weighted by atomic mass is 10.1. The van der Waals surface area contributed by atoms with Gasteiger partial charge in [-0.25, -0.2) is 9.37 Å². The Morgan fingerprint density at radius 2 is 2.07 bits per heavy atom. The van der Waals surface area contributed by atoms with Gasteiger partial charge in [-0.2, -0.15) is 0 Å². The van der Waals surface area contributed by atoms with Crippen LogP contribution < -0.4 is 5.32 Å². The normalized spacial score (nSPS) is 11.0. The second kappa shape index (κ2) is 7.32. The van der Waals surface area contributed by atoms with Crippen LogP contribution in [0.3, 0.4) is 0 Å². The molecule has 1 amide bonds. The Kier molecular flexibility index (Phi) is 4.73. The number of carbonyl (C=O) groups is 1. The molecule has 0 atom stereocenters. The number of fused-ring (bicyclic) bond motifs is 1. The lowest BCUT2D eigenvalue weighted by Crippen LogP contribution is -2.12. The third-order valence-electron chi connectivity index (χ3n) is 4.34. The van der Waals surface area contributed by atoms with Gasteiger partial charge in [0.2, 0.25) is 5.91 Å². The smallest absolute Gasteiger partial charge is 0.224 e. The van der Waals surface area contributed by atoms with Crippen molar-refractivity contribution in [2.45, 2.75) is 19.8 Å². The lowest BCUT2D eigenvalue weighted by Gasteiger charge is -2.05. The minimum Gasteiger partial charge on any atom is -0.326 e. The SMILES string of the molecule is Cc1cccc(NC(=O)CCc2csc3nc(-c4ccccc4F)cn23)c1. The first kappa shape index (κ1) is 17.4. The number of rotatable bonds is 5. The summed E-state index contributed by atoms with van der Waals surface area (Å²) in [5.74, 6) is -0.322. The minimum atomic E-state index is -0.290. The molecule has 4 rings (SSSR count). The van der Waals surface area contributed by atoms with Crippen molar-refractivity contribution >= 4 is 27.9 Å². The summed E-state index contributed by atoms with van der Waals surface area (Å²) in [5.41, 5.74) is 3.98. The summed E-state index contributed by atoms with van der Waals surface area (Å²) in [6, 6.07) is 14.3. The van der Waals surface area contributed by atoms with Gasteiger partial charge in [-0.3, -0.25) is 9.20 Å². The predicted octanol–water partition coefficient (Wildman–Crippen LogP) is 5.08. The van der Waals surface area contributed by atoms with E-state index in [1.54, 1.807) is 18.2 Å². The molecule has 0 aliphatic rings. The first-order chi connectivity index (χ1) is 13.1. The number of aromatic nitrogens is 2. The van der Waals surface area contributed by atoms with Gasteiger partial charge in [-0.05, 0) is 43.2 Å². The van der Waals surface area contributed by atoms with Crippen LogP contribution in [0, 0.1) is 12.7 Å². The maximum absolute atomic E-state index is 14.0. The summed E-state index contributed by atoms with van der Waals surface area (Å²) in [6.45, 7) is 1.99. The maximum atomic E-state index is 14.0. The average molecular weight is 379 g/mol. The van der Waals surface area contributed by atoms with Gasteiger partial charge in [-0.15, -0.1) is 11.3 Å². The second-order valence-corrected chi connectivity index (χ2v) is 7.24. The maximum Gasteiger partial charge on any atom is 0.224 e. The van der Waals surface area contributed by atoms with Gasteiger partial charge in [0.1, 0.15) is 5.82 Å². The Hall–Kier alpha value is -2.99. The molecule has 6 heteroatoms. The van der Waals surface area contributed by atoms with Crippen LogP contribution in [-0.4, -0.2) is 15.3 Å². The molecule has 0 aliphatic heterocycles. The van der Waals surface area contributed by atoms with Gasteiger partial charge in [-0.1, -0.05) is 24.3 Å². The number of aryl methyl sites for hydroxylation is 2. The van der Waals surface area contributed by atoms with E-state index in [4.69, 9.17) is 0 Å². The largest absolute Gasteiger partial charge is 0.326 e. The van der Waals surface area contributed by atoms with Crippen molar-refractivity contribution in [2.24, 2.45) is 0 Å². The van der Waals surface area contributed by atoms with E-state index in [0.29, 0.717) is 24.1 Å². The molecule has 2 aromatic carbocycles. The number of carbonyl (C=O) groups excluding carboxylic acids is 1. The van der Waals surface area contributed by atoms with Crippen LogP contribution in [0.1, 0.15) is 17.7 Å². The van der Waals surface area contributed by atoms with Gasteiger partial charge in [0.25, 0.3) is 0 Å². The highest BCUT2D eigenvalue weighted by Gasteiger charge is 2.13. The molecular formula is C21H18FN3OS. The van der Waals surface area contributed by atoms with Crippen molar-refractivity contribution in [1.29, 1.82) is 0 Å². The monoisotopic (exact) mass is 379 g/mol. The molecular weight excluding hydrogens is 361 g/mol. The molecule has 1 N–H and O–H groups in total. The first-order valence-electron chi connectivity index (χ1n) is 8.67. The fraction of sp³-hybridized carbons (Fsp3) is 0.143. The minimum absolute atomic E-state index is 0.0330. The standard InChI is InChI=1S/C21H18FN3OS/c1-14-5-4-6-15(11-14)23-20(26)10-9-16-13-27-21-24-19(12-25(16)21)17-7-2-3-8-18(17)22/h2-8,11-13H,9-10H2,1H3,(H,23,26). The number of benzene rings is 2. The number of nitrogens with zero attached hydrogens (tertiary/aromatic N) is 2. The Morgan fingerprint density at radius 3 is 2.89 bits per heavy atom. The van der Waals surface area contributed by atoms with Gasteiger partial charge >= 0.3 is 0 Å². The van der Waals surface area contributed by atoms with Crippen molar-refractivity contribution in [2.75, 3.05) is 5.32 Å². The first-order valence-corrected chi connectivity index (χ1v) is 9.55. The third kappa shape index (κ3) is 3.75. The van der Waals surface area contributed by atoms with Crippen LogP contribution in [-0.2, 0) is 11.2 Å². The molecule has 0 bridgehead atoms. The fourth-order valence-electron chi connectivity index (χ4n) is 3.00. The van der Waals surface area contributed by atoms with Crippen LogP contribution in [0.5, 0.6) is 0 Å². The highest BCUT2D eigenvalue weighted by Crippen LogP contribution is 2.26. The summed E-state index contributed by atoms with van der Waals surface area (Å²) in [5, 5.41) is 4.92. The highest BCUT2D eigenvalue weighted by molar-refractivity contribution is 7.15. The average Bonchev–Trinajstić information content (AvgIpc) is 3.21. The van der Waals surface area contributed by atoms with Crippen molar-refractivity contribution in [3.63, 3.8) is 0 Å². The predicted molar refractivity (Wildman–Crippen MR) is 107 cm³/mol. The number of hydrogen-bond donors (Lipinski definition) is 1. The van der Waals surface area contributed by atoms with E-state index < -0.39 is 0 Å². The van der Waals surface area contributed by atoms with E-state index in [1.165, 1.54) is 17.4 Å². The highest BCUT2D eigenvalue weighted by atomic mass is 32.1. The van der Waals surface area contributed by atoms with Gasteiger partial charge < -0.3 is 5.32 Å². The van der Waals surface area contributed by atoms with Crippen LogP contribution >= 0.6 is 11.3 Å². The summed E-state index contributed by atoms with van der Waals surface area (Å²) >= 11 is 1.49. The molecule has 0 spiro atoms. The Balaban J connectivity index is 1.48. The zero-order valence-corrected chi connectivity index (χ0v) is 15.6. The quantitative estimate of drug-likeness (QED) is 0.525. The molecule has 136 valence electrons. The van der Waals surface area contributed by atoms with Crippen molar-refractivity contribution in [3.05, 3.63) is 77.2 Å². The molecule has 2 heterocycles. The Morgan fingerprint density at radius 1 is 1.22 bits per heavy atom. The number of hydrogen-bond acceptors (Lipinski definition) is 3. The van der Waals surface area contributed by atoms with Crippen LogP contribution in [0.4, 0.5) is 10.1 Å². The molecule has 2 aromatic heterocycles. The number of nitrogens with one attached hydrogen (secondary N) is 1. The van der Waals surface area contributed by atoms with Gasteiger partial charge in [0.15, 0.2) is 4.96 Å². The molecule has 0 saturated carbocycles. The van der Waals surface area contributed by atoms with E-state index in [-0.39, 0.29) is 11.7 Å². The van der Waals surface area contributed by atoms with E-state index in [2.05, 4.69) is 10.3 Å². The van der Waals surface area contributed by atoms with Crippen LogP contribution in [0.25, 0.3) is 16.2 Å². The lowest BCUT2D eigenvalue weighted by molar-refractivity contribution is -0.116. The van der Waals surface area contributed by atoms with E-state index in [1.807, 2.05) is 47.2 Å². The van der Waals surface area contributed by atoms with E-state index in [9.17, 15) is 9.18 Å². The number of thiazole rings is 1. The molecule has 0 saturated heterocycles. The molecule has 27 heavy (non-hydrogen) atoms. The van der Waals surface area contributed by atoms with Crippen molar-refractivity contribution < 1.29 is 9.18 Å². The molecule has 0 radical (unpaired) electrons. The molecule has 0 aliphatic carbocycles. The number of halogens is 1. The molecule has 4 nitrogen and oxygen atoms in total. The summed E-state index contributed by atoms with van der Waals surface area (Å²) in [7, 11) is 0. The second-order valence-electron chi connectivity index (χ2n) is 6.40. The van der Waals surface area contributed by atoms with E-state index in [0.717, 1.165) is 21.9 Å². The Bertz CT molecular complexity index is 1120. The molecule has 0 unspecified atom stereocenters.